The highest BCUT2D eigenvalue weighted by Gasteiger charge is 2.34. The third kappa shape index (κ3) is 3.59. The number of aromatic nitrogens is 2. The highest BCUT2D eigenvalue weighted by atomic mass is 79.9. The van der Waals surface area contributed by atoms with E-state index in [-0.39, 0.29) is 11.8 Å². The molecule has 0 unspecified atom stereocenters. The Hall–Kier alpha value is -3.24. The third-order valence-electron chi connectivity index (χ3n) is 4.93. The molecule has 4 rings (SSSR count). The summed E-state index contributed by atoms with van der Waals surface area (Å²) in [4.78, 5) is 0. The van der Waals surface area contributed by atoms with E-state index in [9.17, 15) is 5.26 Å². The highest BCUT2D eigenvalue weighted by Crippen LogP contribution is 2.44. The lowest BCUT2D eigenvalue weighted by molar-refractivity contribution is 0.304. The Labute approximate surface area is 177 Å². The molecule has 7 heteroatoms. The van der Waals surface area contributed by atoms with Crippen molar-refractivity contribution < 1.29 is 9.47 Å². The first kappa shape index (κ1) is 19.1. The van der Waals surface area contributed by atoms with Gasteiger partial charge in [-0.25, -0.2) is 0 Å². The second-order valence-corrected chi connectivity index (χ2v) is 7.81. The zero-order valence-corrected chi connectivity index (χ0v) is 17.6. The van der Waals surface area contributed by atoms with Gasteiger partial charge in [-0.3, -0.25) is 5.10 Å². The van der Waals surface area contributed by atoms with Crippen LogP contribution < -0.4 is 15.2 Å². The molecule has 29 heavy (non-hydrogen) atoms. The van der Waals surface area contributed by atoms with Crippen molar-refractivity contribution in [3.05, 3.63) is 86.3 Å². The highest BCUT2D eigenvalue weighted by molar-refractivity contribution is 9.10. The number of nitrogens with zero attached hydrogens (tertiary/aromatic N) is 2. The van der Waals surface area contributed by atoms with Crippen LogP contribution in [0.2, 0.25) is 0 Å². The number of halogens is 1. The van der Waals surface area contributed by atoms with Crippen LogP contribution in [0.3, 0.4) is 0 Å². The van der Waals surface area contributed by atoms with Gasteiger partial charge in [0, 0.05) is 11.3 Å². The van der Waals surface area contributed by atoms with Gasteiger partial charge in [0.15, 0.2) is 0 Å². The summed E-state index contributed by atoms with van der Waals surface area (Å²) >= 11 is 3.60. The average Bonchev–Trinajstić information content (AvgIpc) is 3.07. The van der Waals surface area contributed by atoms with Crippen LogP contribution in [0.1, 0.15) is 33.9 Å². The fourth-order valence-electron chi connectivity index (χ4n) is 3.39. The van der Waals surface area contributed by atoms with Crippen molar-refractivity contribution in [3.8, 4) is 17.7 Å². The molecule has 0 amide bonds. The molecule has 146 valence electrons. The first-order valence-corrected chi connectivity index (χ1v) is 9.87. The lowest BCUT2D eigenvalue weighted by Gasteiger charge is -2.24. The fourth-order valence-corrected chi connectivity index (χ4v) is 3.90. The smallest absolute Gasteiger partial charge is 0.244 e. The molecule has 0 saturated carbocycles. The molecule has 3 N–H and O–H groups in total. The molecule has 0 fully saturated rings. The minimum Gasteiger partial charge on any atom is -0.488 e. The van der Waals surface area contributed by atoms with Gasteiger partial charge in [-0.05, 0) is 53.0 Å². The van der Waals surface area contributed by atoms with Crippen molar-refractivity contribution in [1.82, 2.24) is 10.2 Å². The second kappa shape index (κ2) is 7.64. The first-order valence-electron chi connectivity index (χ1n) is 9.08. The van der Waals surface area contributed by atoms with Crippen LogP contribution in [0.25, 0.3) is 0 Å². The van der Waals surface area contributed by atoms with E-state index in [4.69, 9.17) is 15.2 Å². The Morgan fingerprint density at radius 3 is 2.69 bits per heavy atom. The summed E-state index contributed by atoms with van der Waals surface area (Å²) in [5.74, 6) is 0.845. The molecular formula is C22H19BrN4O2. The van der Waals surface area contributed by atoms with Gasteiger partial charge in [0.1, 0.15) is 24.0 Å². The Kier molecular flexibility index (Phi) is 5.03. The number of hydrogen-bond acceptors (Lipinski definition) is 5. The topological polar surface area (TPSA) is 96.9 Å². The molecule has 0 saturated heterocycles. The van der Waals surface area contributed by atoms with E-state index in [0.717, 1.165) is 32.6 Å². The summed E-state index contributed by atoms with van der Waals surface area (Å²) in [7, 11) is 0. The van der Waals surface area contributed by atoms with Gasteiger partial charge >= 0.3 is 0 Å². The zero-order valence-electron chi connectivity index (χ0n) is 16.0. The number of nitriles is 1. The van der Waals surface area contributed by atoms with Gasteiger partial charge in [-0.15, -0.1) is 5.10 Å². The molecule has 0 bridgehead atoms. The van der Waals surface area contributed by atoms with Crippen molar-refractivity contribution >= 4 is 15.9 Å². The summed E-state index contributed by atoms with van der Waals surface area (Å²) in [5.41, 5.74) is 11.2. The molecule has 1 atom stereocenters. The zero-order chi connectivity index (χ0) is 20.5. The molecule has 1 aromatic heterocycles. The summed E-state index contributed by atoms with van der Waals surface area (Å²) in [6.07, 6.45) is 0. The summed E-state index contributed by atoms with van der Waals surface area (Å²) in [5, 5.41) is 16.7. The van der Waals surface area contributed by atoms with Crippen LogP contribution in [0.4, 0.5) is 0 Å². The molecule has 0 aliphatic carbocycles. The summed E-state index contributed by atoms with van der Waals surface area (Å²) in [6.45, 7) is 4.42. The molecule has 3 aromatic rings. The minimum atomic E-state index is -0.357. The number of ether oxygens (including phenoxy) is 2. The van der Waals surface area contributed by atoms with E-state index in [1.807, 2.05) is 25.1 Å². The Balaban J connectivity index is 1.64. The van der Waals surface area contributed by atoms with E-state index in [0.29, 0.717) is 18.1 Å². The maximum absolute atomic E-state index is 9.67. The van der Waals surface area contributed by atoms with E-state index < -0.39 is 0 Å². The van der Waals surface area contributed by atoms with Crippen molar-refractivity contribution in [2.75, 3.05) is 0 Å². The molecule has 6 nitrogen and oxygen atoms in total. The molecule has 0 spiro atoms. The number of aromatic amines is 1. The van der Waals surface area contributed by atoms with E-state index in [1.54, 1.807) is 0 Å². The normalized spacial score (nSPS) is 15.4. The predicted molar refractivity (Wildman–Crippen MR) is 112 cm³/mol. The largest absolute Gasteiger partial charge is 0.488 e. The van der Waals surface area contributed by atoms with Crippen LogP contribution in [-0.2, 0) is 6.61 Å². The standard InChI is InChI=1S/C22H19BrN4O2/c1-12-3-5-14(6-4-12)11-28-18-8-7-15(9-17(18)23)20-16(10-24)21(25)29-22-19(20)13(2)26-27-22/h3-9,20H,11,25H2,1-2H3,(H,26,27)/t20-/m0/s1. The van der Waals surface area contributed by atoms with Gasteiger partial charge in [0.2, 0.25) is 11.8 Å². The number of nitrogens with one attached hydrogen (secondary N) is 1. The van der Waals surface area contributed by atoms with Crippen molar-refractivity contribution in [1.29, 1.82) is 5.26 Å². The number of rotatable bonds is 4. The number of benzene rings is 2. The van der Waals surface area contributed by atoms with Crippen molar-refractivity contribution in [3.63, 3.8) is 0 Å². The summed E-state index contributed by atoms with van der Waals surface area (Å²) < 4.78 is 12.3. The van der Waals surface area contributed by atoms with E-state index in [2.05, 4.69) is 63.4 Å². The second-order valence-electron chi connectivity index (χ2n) is 6.96. The van der Waals surface area contributed by atoms with Crippen molar-refractivity contribution in [2.24, 2.45) is 5.73 Å². The maximum atomic E-state index is 9.67. The third-order valence-corrected chi connectivity index (χ3v) is 5.55. The first-order chi connectivity index (χ1) is 14.0. The quantitative estimate of drug-likeness (QED) is 0.605. The molecular weight excluding hydrogens is 432 g/mol. The molecule has 1 aliphatic rings. The van der Waals surface area contributed by atoms with Gasteiger partial charge in [-0.2, -0.15) is 5.26 Å². The van der Waals surface area contributed by atoms with Gasteiger partial charge < -0.3 is 15.2 Å². The number of fused-ring (bicyclic) bond motifs is 1. The fraction of sp³-hybridized carbons (Fsp3) is 0.182. The van der Waals surface area contributed by atoms with Crippen LogP contribution in [0, 0.1) is 25.2 Å². The van der Waals surface area contributed by atoms with Gasteiger partial charge in [0.25, 0.3) is 0 Å². The molecule has 2 heterocycles. The molecule has 0 radical (unpaired) electrons. The summed E-state index contributed by atoms with van der Waals surface area (Å²) in [6, 6.07) is 16.2. The number of H-pyrrole nitrogens is 1. The predicted octanol–water partition coefficient (Wildman–Crippen LogP) is 4.59. The van der Waals surface area contributed by atoms with Gasteiger partial charge in [-0.1, -0.05) is 35.9 Å². The number of hydrogen-bond donors (Lipinski definition) is 2. The number of allylic oxidation sites excluding steroid dienone is 1. The van der Waals surface area contributed by atoms with E-state index >= 15 is 0 Å². The maximum Gasteiger partial charge on any atom is 0.244 e. The molecule has 1 aliphatic heterocycles. The van der Waals surface area contributed by atoms with Crippen LogP contribution in [0.15, 0.2) is 58.4 Å². The van der Waals surface area contributed by atoms with Crippen LogP contribution in [0.5, 0.6) is 11.6 Å². The Bertz CT molecular complexity index is 1140. The Morgan fingerprint density at radius 1 is 1.24 bits per heavy atom. The number of aryl methyl sites for hydroxylation is 2. The lowest BCUT2D eigenvalue weighted by Crippen LogP contribution is -2.21. The SMILES string of the molecule is Cc1ccc(COc2ccc([C@H]3C(C#N)=C(N)Oc4n[nH]c(C)c43)cc2Br)cc1. The van der Waals surface area contributed by atoms with Gasteiger partial charge in [0.05, 0.1) is 10.4 Å². The monoisotopic (exact) mass is 450 g/mol. The van der Waals surface area contributed by atoms with Crippen LogP contribution >= 0.6 is 15.9 Å². The van der Waals surface area contributed by atoms with Crippen molar-refractivity contribution in [2.45, 2.75) is 26.4 Å². The Morgan fingerprint density at radius 2 is 2.00 bits per heavy atom. The van der Waals surface area contributed by atoms with E-state index in [1.165, 1.54) is 5.56 Å². The van der Waals surface area contributed by atoms with Crippen LogP contribution in [-0.4, -0.2) is 10.2 Å². The minimum absolute atomic E-state index is 0.0762. The lowest BCUT2D eigenvalue weighted by atomic mass is 9.84. The average molecular weight is 451 g/mol. The molecule has 2 aromatic carbocycles. The number of nitrogens with two attached hydrogens (primary N) is 1.